The summed E-state index contributed by atoms with van der Waals surface area (Å²) in [6, 6.07) is 0. The van der Waals surface area contributed by atoms with Gasteiger partial charge in [0.15, 0.2) is 0 Å². The van der Waals surface area contributed by atoms with Crippen molar-refractivity contribution in [2.45, 2.75) is 13.0 Å². The van der Waals surface area contributed by atoms with Crippen molar-refractivity contribution in [3.8, 4) is 0 Å². The van der Waals surface area contributed by atoms with Gasteiger partial charge < -0.3 is 10.3 Å². The molecule has 0 spiro atoms. The van der Waals surface area contributed by atoms with Crippen molar-refractivity contribution in [3.05, 3.63) is 28.7 Å². The number of nitrogen functional groups attached to an aromatic ring is 1. The number of hydrogen-bond acceptors (Lipinski definition) is 3. The molecule has 0 aromatic carbocycles. The van der Waals surface area contributed by atoms with Crippen molar-refractivity contribution in [1.29, 1.82) is 0 Å². The molecule has 2 aromatic rings. The van der Waals surface area contributed by atoms with Gasteiger partial charge in [-0.15, -0.1) is 6.58 Å². The van der Waals surface area contributed by atoms with Gasteiger partial charge in [-0.1, -0.05) is 6.08 Å². The molecule has 2 N–H and O–H groups in total. The maximum Gasteiger partial charge on any atom is 0.146 e. The van der Waals surface area contributed by atoms with E-state index in [1.165, 1.54) is 6.33 Å². The summed E-state index contributed by atoms with van der Waals surface area (Å²) in [4.78, 5) is 8.24. The second-order valence-electron chi connectivity index (χ2n) is 3.21. The predicted molar refractivity (Wildman–Crippen MR) is 69.5 cm³/mol. The number of allylic oxidation sites excluding steroid dienone is 1. The molecular weight excluding hydrogens is 303 g/mol. The summed E-state index contributed by atoms with van der Waals surface area (Å²) in [5.41, 5.74) is 6.71. The van der Waals surface area contributed by atoms with Crippen LogP contribution in [0.4, 0.5) is 5.82 Å². The Hall–Kier alpha value is -1.11. The van der Waals surface area contributed by atoms with Crippen molar-refractivity contribution < 1.29 is 0 Å². The molecular formula is C10H11IN4. The smallest absolute Gasteiger partial charge is 0.146 e. The number of anilines is 1. The summed E-state index contributed by atoms with van der Waals surface area (Å²) >= 11 is 2.25. The Labute approximate surface area is 101 Å². The lowest BCUT2D eigenvalue weighted by Gasteiger charge is -2.01. The zero-order valence-corrected chi connectivity index (χ0v) is 10.3. The van der Waals surface area contributed by atoms with Crippen LogP contribution in [0.25, 0.3) is 11.0 Å². The van der Waals surface area contributed by atoms with E-state index in [1.807, 2.05) is 12.3 Å². The van der Waals surface area contributed by atoms with Gasteiger partial charge >= 0.3 is 0 Å². The third-order valence-electron chi connectivity index (χ3n) is 2.21. The molecule has 0 unspecified atom stereocenters. The van der Waals surface area contributed by atoms with Gasteiger partial charge in [-0.2, -0.15) is 0 Å². The fraction of sp³-hybridized carbons (Fsp3) is 0.200. The van der Waals surface area contributed by atoms with E-state index < -0.39 is 0 Å². The van der Waals surface area contributed by atoms with E-state index in [0.717, 1.165) is 27.6 Å². The van der Waals surface area contributed by atoms with Gasteiger partial charge in [-0.05, 0) is 29.0 Å². The van der Waals surface area contributed by atoms with E-state index in [0.29, 0.717) is 5.82 Å². The highest BCUT2D eigenvalue weighted by atomic mass is 127. The number of hydrogen-bond donors (Lipinski definition) is 1. The molecule has 0 atom stereocenters. The molecule has 0 radical (unpaired) electrons. The molecule has 0 amide bonds. The lowest BCUT2D eigenvalue weighted by Crippen LogP contribution is -1.98. The highest BCUT2D eigenvalue weighted by Gasteiger charge is 2.10. The van der Waals surface area contributed by atoms with Crippen LogP contribution in [-0.2, 0) is 6.54 Å². The predicted octanol–water partition coefficient (Wildman–Crippen LogP) is 2.19. The summed E-state index contributed by atoms with van der Waals surface area (Å²) in [6.45, 7) is 4.58. The Bertz CT molecular complexity index is 503. The summed E-state index contributed by atoms with van der Waals surface area (Å²) in [6.07, 6.45) is 6.35. The number of fused-ring (bicyclic) bond motifs is 1. The van der Waals surface area contributed by atoms with E-state index in [-0.39, 0.29) is 0 Å². The third kappa shape index (κ3) is 1.83. The topological polar surface area (TPSA) is 56.7 Å². The fourth-order valence-corrected chi connectivity index (χ4v) is 2.35. The van der Waals surface area contributed by atoms with Crippen molar-refractivity contribution in [2.75, 3.05) is 5.73 Å². The SMILES string of the molecule is C=CCCn1cc(I)c2c(N)ncnc21. The average Bonchev–Trinajstić information content (AvgIpc) is 2.54. The zero-order valence-electron chi connectivity index (χ0n) is 8.15. The van der Waals surface area contributed by atoms with Crippen LogP contribution in [0.3, 0.4) is 0 Å². The Morgan fingerprint density at radius 1 is 1.53 bits per heavy atom. The van der Waals surface area contributed by atoms with Crippen LogP contribution in [0.5, 0.6) is 0 Å². The maximum atomic E-state index is 5.81. The molecule has 0 bridgehead atoms. The Balaban J connectivity index is 2.57. The summed E-state index contributed by atoms with van der Waals surface area (Å²) in [7, 11) is 0. The van der Waals surface area contributed by atoms with Crippen LogP contribution in [0.15, 0.2) is 25.2 Å². The van der Waals surface area contributed by atoms with E-state index in [9.17, 15) is 0 Å². The molecule has 0 aliphatic carbocycles. The van der Waals surface area contributed by atoms with Gasteiger partial charge in [0, 0.05) is 16.3 Å². The molecule has 2 aromatic heterocycles. The first-order valence-electron chi connectivity index (χ1n) is 4.59. The van der Waals surface area contributed by atoms with Crippen molar-refractivity contribution in [3.63, 3.8) is 0 Å². The number of rotatable bonds is 3. The minimum Gasteiger partial charge on any atom is -0.383 e. The van der Waals surface area contributed by atoms with Gasteiger partial charge in [0.2, 0.25) is 0 Å². The molecule has 2 heterocycles. The number of nitrogens with two attached hydrogens (primary N) is 1. The lowest BCUT2D eigenvalue weighted by molar-refractivity contribution is 0.730. The van der Waals surface area contributed by atoms with Crippen LogP contribution < -0.4 is 5.73 Å². The minimum absolute atomic E-state index is 0.543. The molecule has 5 heteroatoms. The molecule has 15 heavy (non-hydrogen) atoms. The number of aromatic nitrogens is 3. The number of halogens is 1. The highest BCUT2D eigenvalue weighted by molar-refractivity contribution is 14.1. The van der Waals surface area contributed by atoms with Gasteiger partial charge in [0.1, 0.15) is 17.8 Å². The first-order valence-corrected chi connectivity index (χ1v) is 5.67. The largest absolute Gasteiger partial charge is 0.383 e. The van der Waals surface area contributed by atoms with E-state index >= 15 is 0 Å². The molecule has 4 nitrogen and oxygen atoms in total. The average molecular weight is 314 g/mol. The summed E-state index contributed by atoms with van der Waals surface area (Å²) < 4.78 is 3.17. The molecule has 78 valence electrons. The molecule has 2 rings (SSSR count). The Morgan fingerprint density at radius 3 is 3.07 bits per heavy atom. The normalized spacial score (nSPS) is 10.7. The van der Waals surface area contributed by atoms with Crippen LogP contribution in [0.2, 0.25) is 0 Å². The minimum atomic E-state index is 0.543. The zero-order chi connectivity index (χ0) is 10.8. The molecule has 0 saturated carbocycles. The Morgan fingerprint density at radius 2 is 2.33 bits per heavy atom. The van der Waals surface area contributed by atoms with Gasteiger partial charge in [-0.25, -0.2) is 9.97 Å². The Kier molecular flexibility index (Phi) is 2.90. The first-order chi connectivity index (χ1) is 7.24. The van der Waals surface area contributed by atoms with Crippen molar-refractivity contribution in [1.82, 2.24) is 14.5 Å². The van der Waals surface area contributed by atoms with Crippen LogP contribution in [0.1, 0.15) is 6.42 Å². The van der Waals surface area contributed by atoms with Crippen molar-refractivity contribution in [2.24, 2.45) is 0 Å². The van der Waals surface area contributed by atoms with Crippen molar-refractivity contribution >= 4 is 39.4 Å². The van der Waals surface area contributed by atoms with E-state index in [1.54, 1.807) is 0 Å². The third-order valence-corrected chi connectivity index (χ3v) is 3.03. The number of nitrogens with zero attached hydrogens (tertiary/aromatic N) is 3. The van der Waals surface area contributed by atoms with E-state index in [4.69, 9.17) is 5.73 Å². The van der Waals surface area contributed by atoms with Gasteiger partial charge in [0.05, 0.1) is 5.39 Å². The van der Waals surface area contributed by atoms with Crippen LogP contribution in [0, 0.1) is 3.57 Å². The first kappa shape index (κ1) is 10.4. The standard InChI is InChI=1S/C10H11IN4/c1-2-3-4-15-5-7(11)8-9(12)13-6-14-10(8)15/h2,5-6H,1,3-4H2,(H2,12,13,14). The van der Waals surface area contributed by atoms with Crippen LogP contribution in [-0.4, -0.2) is 14.5 Å². The van der Waals surface area contributed by atoms with Gasteiger partial charge in [0.25, 0.3) is 0 Å². The fourth-order valence-electron chi connectivity index (χ4n) is 1.50. The van der Waals surface area contributed by atoms with E-state index in [2.05, 4.69) is 43.7 Å². The molecule has 0 fully saturated rings. The second-order valence-corrected chi connectivity index (χ2v) is 4.37. The number of aryl methyl sites for hydroxylation is 1. The molecule has 0 saturated heterocycles. The maximum absolute atomic E-state index is 5.81. The summed E-state index contributed by atoms with van der Waals surface area (Å²) in [5.74, 6) is 0.543. The molecule has 0 aliphatic rings. The van der Waals surface area contributed by atoms with Crippen LogP contribution >= 0.6 is 22.6 Å². The summed E-state index contributed by atoms with van der Waals surface area (Å²) in [5, 5.41) is 0.946. The highest BCUT2D eigenvalue weighted by Crippen LogP contribution is 2.25. The van der Waals surface area contributed by atoms with Gasteiger partial charge in [-0.3, -0.25) is 0 Å². The second kappa shape index (κ2) is 4.18. The molecule has 0 aliphatic heterocycles. The lowest BCUT2D eigenvalue weighted by atomic mass is 10.4. The monoisotopic (exact) mass is 314 g/mol. The quantitative estimate of drug-likeness (QED) is 0.698.